The van der Waals surface area contributed by atoms with Crippen LogP contribution in [0, 0.1) is 0 Å². The molecule has 1 fully saturated rings. The third-order valence-electron chi connectivity index (χ3n) is 2.76. The molecule has 0 radical (unpaired) electrons. The van der Waals surface area contributed by atoms with Gasteiger partial charge in [0, 0.05) is 26.4 Å². The minimum Gasteiger partial charge on any atom is -0.467 e. The van der Waals surface area contributed by atoms with Crippen LogP contribution < -0.4 is 5.32 Å². The van der Waals surface area contributed by atoms with E-state index in [2.05, 4.69) is 10.1 Å². The maximum atomic E-state index is 11.8. The van der Waals surface area contributed by atoms with E-state index in [0.29, 0.717) is 19.5 Å². The number of hydrogen-bond donors (Lipinski definition) is 1. The first-order valence-electron chi connectivity index (χ1n) is 5.68. The van der Waals surface area contributed by atoms with Crippen molar-refractivity contribution in [3.63, 3.8) is 0 Å². The summed E-state index contributed by atoms with van der Waals surface area (Å²) in [4.78, 5) is 35.4. The third-order valence-corrected chi connectivity index (χ3v) is 2.76. The van der Waals surface area contributed by atoms with E-state index >= 15 is 0 Å². The Kier molecular flexibility index (Phi) is 4.93. The topological polar surface area (TPSA) is 75.7 Å². The largest absolute Gasteiger partial charge is 0.467 e. The van der Waals surface area contributed by atoms with E-state index in [1.807, 2.05) is 0 Å². The highest BCUT2D eigenvalue weighted by Crippen LogP contribution is 2.19. The van der Waals surface area contributed by atoms with Gasteiger partial charge in [0.1, 0.15) is 6.04 Å². The van der Waals surface area contributed by atoms with E-state index < -0.39 is 6.04 Å². The highest BCUT2D eigenvalue weighted by Gasteiger charge is 2.34. The summed E-state index contributed by atoms with van der Waals surface area (Å²) in [5, 5.41) is 2.56. The Bertz CT molecular complexity index is 317. The SMILES string of the molecule is COC(=O)C1CCCN1C(=O)CCNC(C)=O. The molecule has 1 heterocycles. The van der Waals surface area contributed by atoms with Gasteiger partial charge >= 0.3 is 5.97 Å². The predicted molar refractivity (Wildman–Crippen MR) is 60.1 cm³/mol. The Morgan fingerprint density at radius 3 is 2.71 bits per heavy atom. The minimum absolute atomic E-state index is 0.119. The zero-order valence-electron chi connectivity index (χ0n) is 10.2. The Morgan fingerprint density at radius 2 is 2.12 bits per heavy atom. The zero-order valence-corrected chi connectivity index (χ0v) is 10.2. The molecular weight excluding hydrogens is 224 g/mol. The maximum Gasteiger partial charge on any atom is 0.328 e. The lowest BCUT2D eigenvalue weighted by Gasteiger charge is -2.22. The summed E-state index contributed by atoms with van der Waals surface area (Å²) in [6.45, 7) is 2.29. The maximum absolute atomic E-state index is 11.8. The fourth-order valence-corrected chi connectivity index (χ4v) is 1.94. The first-order valence-corrected chi connectivity index (χ1v) is 5.68. The van der Waals surface area contributed by atoms with E-state index in [-0.39, 0.29) is 24.2 Å². The van der Waals surface area contributed by atoms with Crippen molar-refractivity contribution in [2.45, 2.75) is 32.2 Å². The Balaban J connectivity index is 2.44. The van der Waals surface area contributed by atoms with Crippen LogP contribution in [-0.4, -0.2) is 48.9 Å². The molecule has 6 nitrogen and oxygen atoms in total. The van der Waals surface area contributed by atoms with Crippen molar-refractivity contribution < 1.29 is 19.1 Å². The molecule has 0 aromatic carbocycles. The summed E-state index contributed by atoms with van der Waals surface area (Å²) in [5.74, 6) is -0.647. The van der Waals surface area contributed by atoms with Crippen molar-refractivity contribution in [3.05, 3.63) is 0 Å². The Labute approximate surface area is 100 Å². The second-order valence-corrected chi connectivity index (χ2v) is 4.00. The lowest BCUT2D eigenvalue weighted by molar-refractivity contribution is -0.151. The van der Waals surface area contributed by atoms with Crippen molar-refractivity contribution in [1.29, 1.82) is 0 Å². The van der Waals surface area contributed by atoms with E-state index in [1.54, 1.807) is 0 Å². The van der Waals surface area contributed by atoms with Gasteiger partial charge in [-0.25, -0.2) is 4.79 Å². The van der Waals surface area contributed by atoms with Gasteiger partial charge in [0.05, 0.1) is 7.11 Å². The fourth-order valence-electron chi connectivity index (χ4n) is 1.94. The normalized spacial score (nSPS) is 18.9. The van der Waals surface area contributed by atoms with Crippen LogP contribution in [0.5, 0.6) is 0 Å². The molecule has 0 aromatic rings. The first-order chi connectivity index (χ1) is 8.06. The van der Waals surface area contributed by atoms with Gasteiger partial charge in [-0.15, -0.1) is 0 Å². The molecule has 1 N–H and O–H groups in total. The van der Waals surface area contributed by atoms with Crippen LogP contribution in [0.3, 0.4) is 0 Å². The number of esters is 1. The molecule has 0 bridgehead atoms. The molecule has 1 aliphatic rings. The standard InChI is InChI=1S/C11H18N2O4/c1-8(14)12-6-5-10(15)13-7-3-4-9(13)11(16)17-2/h9H,3-7H2,1-2H3,(H,12,14). The number of carbonyl (C=O) groups is 3. The number of hydrogen-bond acceptors (Lipinski definition) is 4. The van der Waals surface area contributed by atoms with Gasteiger partial charge < -0.3 is 15.0 Å². The molecule has 2 amide bonds. The van der Waals surface area contributed by atoms with Crippen LogP contribution >= 0.6 is 0 Å². The van der Waals surface area contributed by atoms with Crippen molar-refractivity contribution in [2.24, 2.45) is 0 Å². The second-order valence-electron chi connectivity index (χ2n) is 4.00. The quantitative estimate of drug-likeness (QED) is 0.685. The number of carbonyl (C=O) groups excluding carboxylic acids is 3. The van der Waals surface area contributed by atoms with Gasteiger partial charge in [-0.3, -0.25) is 9.59 Å². The van der Waals surface area contributed by atoms with Crippen LogP contribution in [0.2, 0.25) is 0 Å². The highest BCUT2D eigenvalue weighted by molar-refractivity contribution is 5.85. The van der Waals surface area contributed by atoms with E-state index in [9.17, 15) is 14.4 Å². The number of nitrogens with one attached hydrogen (secondary N) is 1. The average Bonchev–Trinajstić information content (AvgIpc) is 2.76. The van der Waals surface area contributed by atoms with Crippen molar-refractivity contribution in [3.8, 4) is 0 Å². The van der Waals surface area contributed by atoms with Crippen LogP contribution in [0.4, 0.5) is 0 Å². The van der Waals surface area contributed by atoms with Crippen molar-refractivity contribution in [1.82, 2.24) is 10.2 Å². The van der Waals surface area contributed by atoms with Crippen LogP contribution in [0.15, 0.2) is 0 Å². The molecule has 0 aromatic heterocycles. The molecule has 0 saturated carbocycles. The molecule has 1 aliphatic heterocycles. The van der Waals surface area contributed by atoms with Gasteiger partial charge in [-0.05, 0) is 12.8 Å². The molecule has 1 saturated heterocycles. The number of methoxy groups -OCH3 is 1. The van der Waals surface area contributed by atoms with Gasteiger partial charge in [0.2, 0.25) is 11.8 Å². The average molecular weight is 242 g/mol. The monoisotopic (exact) mass is 242 g/mol. The summed E-state index contributed by atoms with van der Waals surface area (Å²) >= 11 is 0. The van der Waals surface area contributed by atoms with Crippen molar-refractivity contribution >= 4 is 17.8 Å². The molecule has 96 valence electrons. The molecule has 1 rings (SSSR count). The number of ether oxygens (including phenoxy) is 1. The summed E-state index contributed by atoms with van der Waals surface area (Å²) in [5.41, 5.74) is 0. The summed E-state index contributed by atoms with van der Waals surface area (Å²) < 4.78 is 4.65. The molecule has 6 heteroatoms. The van der Waals surface area contributed by atoms with Crippen molar-refractivity contribution in [2.75, 3.05) is 20.2 Å². The summed E-state index contributed by atoms with van der Waals surface area (Å²) in [6.07, 6.45) is 1.68. The third kappa shape index (κ3) is 3.72. The number of likely N-dealkylation sites (tertiary alicyclic amines) is 1. The number of rotatable bonds is 4. The lowest BCUT2D eigenvalue weighted by Crippen LogP contribution is -2.42. The zero-order chi connectivity index (χ0) is 12.8. The molecule has 0 aliphatic carbocycles. The molecule has 0 spiro atoms. The molecule has 17 heavy (non-hydrogen) atoms. The summed E-state index contributed by atoms with van der Waals surface area (Å²) in [6, 6.07) is -0.454. The van der Waals surface area contributed by atoms with E-state index in [0.717, 1.165) is 6.42 Å². The van der Waals surface area contributed by atoms with E-state index in [1.165, 1.54) is 18.9 Å². The first kappa shape index (κ1) is 13.5. The van der Waals surface area contributed by atoms with E-state index in [4.69, 9.17) is 0 Å². The Morgan fingerprint density at radius 1 is 1.41 bits per heavy atom. The van der Waals surface area contributed by atoms with Gasteiger partial charge in [-0.1, -0.05) is 0 Å². The lowest BCUT2D eigenvalue weighted by atomic mass is 10.2. The van der Waals surface area contributed by atoms with Gasteiger partial charge in [-0.2, -0.15) is 0 Å². The van der Waals surface area contributed by atoms with Crippen LogP contribution in [-0.2, 0) is 19.1 Å². The second kappa shape index (κ2) is 6.22. The number of nitrogens with zero attached hydrogens (tertiary/aromatic N) is 1. The van der Waals surface area contributed by atoms with Crippen LogP contribution in [0.25, 0.3) is 0 Å². The summed E-state index contributed by atoms with van der Waals surface area (Å²) in [7, 11) is 1.32. The smallest absolute Gasteiger partial charge is 0.328 e. The van der Waals surface area contributed by atoms with Gasteiger partial charge in [0.25, 0.3) is 0 Å². The highest BCUT2D eigenvalue weighted by atomic mass is 16.5. The molecule has 1 unspecified atom stereocenters. The van der Waals surface area contributed by atoms with Gasteiger partial charge in [0.15, 0.2) is 0 Å². The minimum atomic E-state index is -0.454. The Hall–Kier alpha value is -1.59. The van der Waals surface area contributed by atoms with Crippen LogP contribution in [0.1, 0.15) is 26.2 Å². The molecular formula is C11H18N2O4. The fraction of sp³-hybridized carbons (Fsp3) is 0.727. The number of amides is 2. The molecule has 1 atom stereocenters. The predicted octanol–water partition coefficient (Wildman–Crippen LogP) is -0.323.